The van der Waals surface area contributed by atoms with E-state index in [1.807, 2.05) is 0 Å². The molecule has 1 spiro atoms. The Morgan fingerprint density at radius 3 is 2.48 bits per heavy atom. The van der Waals surface area contributed by atoms with Crippen molar-refractivity contribution in [2.75, 3.05) is 13.2 Å². The van der Waals surface area contributed by atoms with E-state index in [1.54, 1.807) is 0 Å². The van der Waals surface area contributed by atoms with Gasteiger partial charge in [0.15, 0.2) is 0 Å². The van der Waals surface area contributed by atoms with E-state index in [4.69, 9.17) is 0 Å². The number of amides is 3. The van der Waals surface area contributed by atoms with E-state index in [-0.39, 0.29) is 11.9 Å². The molecule has 0 aromatic heterocycles. The molecule has 1 aliphatic carbocycles. The number of piperidine rings is 1. The SMILES string of the molecule is CC1CCCCN1CN1C(=O)NC2(CCCCCC2)C1=O. The van der Waals surface area contributed by atoms with Crippen LogP contribution in [0.1, 0.15) is 64.7 Å². The van der Waals surface area contributed by atoms with Gasteiger partial charge in [-0.25, -0.2) is 9.69 Å². The van der Waals surface area contributed by atoms with Crippen LogP contribution in [0.15, 0.2) is 0 Å². The molecular formula is C16H27N3O2. The predicted octanol–water partition coefficient (Wildman–Crippen LogP) is 2.46. The summed E-state index contributed by atoms with van der Waals surface area (Å²) in [5.74, 6) is 0.0205. The molecule has 0 bridgehead atoms. The van der Waals surface area contributed by atoms with Crippen LogP contribution in [0.4, 0.5) is 4.79 Å². The van der Waals surface area contributed by atoms with E-state index < -0.39 is 5.54 Å². The van der Waals surface area contributed by atoms with E-state index in [9.17, 15) is 9.59 Å². The van der Waals surface area contributed by atoms with Crippen LogP contribution in [0.25, 0.3) is 0 Å². The van der Waals surface area contributed by atoms with Crippen LogP contribution in [0, 0.1) is 0 Å². The summed E-state index contributed by atoms with van der Waals surface area (Å²) in [6.45, 7) is 3.65. The molecule has 2 heterocycles. The van der Waals surface area contributed by atoms with Crippen LogP contribution in [-0.4, -0.2) is 46.5 Å². The van der Waals surface area contributed by atoms with E-state index in [2.05, 4.69) is 17.1 Å². The standard InChI is InChI=1S/C16H27N3O2/c1-13-8-4-7-11-18(13)12-19-14(20)16(17-15(19)21)9-5-2-3-6-10-16/h13H,2-12H2,1H3,(H,17,21). The Hall–Kier alpha value is -1.10. The van der Waals surface area contributed by atoms with Crippen molar-refractivity contribution in [3.63, 3.8) is 0 Å². The molecule has 5 heteroatoms. The molecule has 118 valence electrons. The van der Waals surface area contributed by atoms with Crippen molar-refractivity contribution < 1.29 is 9.59 Å². The number of carbonyl (C=O) groups is 2. The number of nitrogens with one attached hydrogen (secondary N) is 1. The van der Waals surface area contributed by atoms with Gasteiger partial charge in [0.25, 0.3) is 5.91 Å². The molecule has 2 saturated heterocycles. The first kappa shape index (κ1) is 14.8. The third kappa shape index (κ3) is 2.80. The second-order valence-electron chi connectivity index (χ2n) is 6.96. The number of rotatable bonds is 2. The molecule has 1 atom stereocenters. The fourth-order valence-corrected chi connectivity index (χ4v) is 4.02. The summed E-state index contributed by atoms with van der Waals surface area (Å²) >= 11 is 0. The topological polar surface area (TPSA) is 52.6 Å². The summed E-state index contributed by atoms with van der Waals surface area (Å²) in [4.78, 5) is 28.9. The lowest BCUT2D eigenvalue weighted by Crippen LogP contribution is -2.49. The summed E-state index contributed by atoms with van der Waals surface area (Å²) in [5.41, 5.74) is -0.591. The molecule has 1 unspecified atom stereocenters. The van der Waals surface area contributed by atoms with Crippen molar-refractivity contribution >= 4 is 11.9 Å². The van der Waals surface area contributed by atoms with E-state index in [1.165, 1.54) is 30.6 Å². The molecule has 21 heavy (non-hydrogen) atoms. The van der Waals surface area contributed by atoms with Gasteiger partial charge in [0.2, 0.25) is 0 Å². The molecule has 0 aromatic rings. The monoisotopic (exact) mass is 293 g/mol. The minimum absolute atomic E-state index is 0.0205. The lowest BCUT2D eigenvalue weighted by atomic mass is 9.90. The fourth-order valence-electron chi connectivity index (χ4n) is 4.02. The molecule has 3 amide bonds. The maximum Gasteiger partial charge on any atom is 0.326 e. The lowest BCUT2D eigenvalue weighted by molar-refractivity contribution is -0.133. The minimum Gasteiger partial charge on any atom is -0.323 e. The van der Waals surface area contributed by atoms with Crippen LogP contribution < -0.4 is 5.32 Å². The number of nitrogens with zero attached hydrogens (tertiary/aromatic N) is 2. The molecule has 3 aliphatic rings. The summed E-state index contributed by atoms with van der Waals surface area (Å²) < 4.78 is 0. The largest absolute Gasteiger partial charge is 0.326 e. The van der Waals surface area contributed by atoms with Gasteiger partial charge in [-0.15, -0.1) is 0 Å². The highest BCUT2D eigenvalue weighted by atomic mass is 16.2. The number of carbonyl (C=O) groups excluding carboxylic acids is 2. The Morgan fingerprint density at radius 1 is 1.10 bits per heavy atom. The van der Waals surface area contributed by atoms with Crippen molar-refractivity contribution in [3.05, 3.63) is 0 Å². The van der Waals surface area contributed by atoms with Gasteiger partial charge in [0, 0.05) is 12.6 Å². The zero-order valence-electron chi connectivity index (χ0n) is 13.1. The van der Waals surface area contributed by atoms with Gasteiger partial charge in [-0.1, -0.05) is 32.1 Å². The zero-order chi connectivity index (χ0) is 14.9. The molecule has 5 nitrogen and oxygen atoms in total. The Balaban J connectivity index is 1.71. The second-order valence-corrected chi connectivity index (χ2v) is 6.96. The van der Waals surface area contributed by atoms with Crippen LogP contribution in [-0.2, 0) is 4.79 Å². The number of likely N-dealkylation sites (tertiary alicyclic amines) is 1. The Labute approximate surface area is 127 Å². The fraction of sp³-hybridized carbons (Fsp3) is 0.875. The summed E-state index contributed by atoms with van der Waals surface area (Å²) in [6, 6.07) is 0.282. The summed E-state index contributed by atoms with van der Waals surface area (Å²) in [6.07, 6.45) is 9.63. The number of hydrogen-bond donors (Lipinski definition) is 1. The number of hydrogen-bond acceptors (Lipinski definition) is 3. The molecule has 0 aromatic carbocycles. The van der Waals surface area contributed by atoms with Crippen molar-refractivity contribution in [1.82, 2.24) is 15.1 Å². The third-order valence-corrected chi connectivity index (χ3v) is 5.47. The molecule has 0 radical (unpaired) electrons. The highest BCUT2D eigenvalue weighted by Crippen LogP contribution is 2.33. The molecular weight excluding hydrogens is 266 g/mol. The van der Waals surface area contributed by atoms with Gasteiger partial charge in [-0.05, 0) is 32.6 Å². The first-order valence-corrected chi connectivity index (χ1v) is 8.51. The number of urea groups is 1. The first-order chi connectivity index (χ1) is 10.1. The van der Waals surface area contributed by atoms with E-state index in [0.29, 0.717) is 12.7 Å². The second kappa shape index (κ2) is 5.95. The minimum atomic E-state index is -0.591. The van der Waals surface area contributed by atoms with Gasteiger partial charge >= 0.3 is 6.03 Å². The molecule has 3 fully saturated rings. The van der Waals surface area contributed by atoms with Crippen LogP contribution in [0.3, 0.4) is 0 Å². The first-order valence-electron chi connectivity index (χ1n) is 8.51. The predicted molar refractivity (Wildman–Crippen MR) is 80.7 cm³/mol. The quantitative estimate of drug-likeness (QED) is 0.796. The molecule has 1 saturated carbocycles. The maximum absolute atomic E-state index is 12.8. The lowest BCUT2D eigenvalue weighted by Gasteiger charge is -2.35. The molecule has 3 rings (SSSR count). The van der Waals surface area contributed by atoms with Gasteiger partial charge in [-0.2, -0.15) is 0 Å². The Morgan fingerprint density at radius 2 is 1.81 bits per heavy atom. The van der Waals surface area contributed by atoms with Crippen molar-refractivity contribution in [1.29, 1.82) is 0 Å². The van der Waals surface area contributed by atoms with E-state index >= 15 is 0 Å². The summed E-state index contributed by atoms with van der Waals surface area (Å²) in [7, 11) is 0. The van der Waals surface area contributed by atoms with Crippen LogP contribution in [0.2, 0.25) is 0 Å². The van der Waals surface area contributed by atoms with Crippen molar-refractivity contribution in [3.8, 4) is 0 Å². The summed E-state index contributed by atoms with van der Waals surface area (Å²) in [5, 5.41) is 3.02. The highest BCUT2D eigenvalue weighted by molar-refractivity contribution is 6.07. The van der Waals surface area contributed by atoms with Crippen molar-refractivity contribution in [2.45, 2.75) is 76.3 Å². The van der Waals surface area contributed by atoms with Gasteiger partial charge in [0.05, 0.1) is 6.67 Å². The molecule has 1 N–H and O–H groups in total. The highest BCUT2D eigenvalue weighted by Gasteiger charge is 2.51. The van der Waals surface area contributed by atoms with Gasteiger partial charge in [0.1, 0.15) is 5.54 Å². The third-order valence-electron chi connectivity index (χ3n) is 5.47. The zero-order valence-corrected chi connectivity index (χ0v) is 13.1. The van der Waals surface area contributed by atoms with E-state index in [0.717, 1.165) is 38.6 Å². The normalized spacial score (nSPS) is 30.5. The smallest absolute Gasteiger partial charge is 0.323 e. The average molecular weight is 293 g/mol. The number of imide groups is 1. The van der Waals surface area contributed by atoms with Crippen LogP contribution >= 0.6 is 0 Å². The maximum atomic E-state index is 12.8. The Kier molecular flexibility index (Phi) is 4.20. The molecule has 2 aliphatic heterocycles. The average Bonchev–Trinajstić information content (AvgIpc) is 2.64. The van der Waals surface area contributed by atoms with Gasteiger partial charge < -0.3 is 5.32 Å². The Bertz CT molecular complexity index is 416. The van der Waals surface area contributed by atoms with Crippen molar-refractivity contribution in [2.24, 2.45) is 0 Å². The van der Waals surface area contributed by atoms with Gasteiger partial charge in [-0.3, -0.25) is 9.69 Å². The van der Waals surface area contributed by atoms with Crippen LogP contribution in [0.5, 0.6) is 0 Å².